The van der Waals surface area contributed by atoms with Crippen LogP contribution in [0.2, 0.25) is 5.02 Å². The number of benzene rings is 1. The Morgan fingerprint density at radius 3 is 2.79 bits per heavy atom. The maximum atomic E-state index is 12.6. The van der Waals surface area contributed by atoms with Gasteiger partial charge >= 0.3 is 5.97 Å². The first kappa shape index (κ1) is 11.0. The van der Waals surface area contributed by atoms with E-state index in [-0.39, 0.29) is 5.02 Å². The molecular formula is C10H10ClFO2. The molecular weight excluding hydrogens is 207 g/mol. The van der Waals surface area contributed by atoms with Gasteiger partial charge in [0.1, 0.15) is 5.82 Å². The second-order valence-corrected chi connectivity index (χ2v) is 3.59. The second kappa shape index (κ2) is 4.42. The lowest BCUT2D eigenvalue weighted by molar-refractivity contribution is -0.141. The van der Waals surface area contributed by atoms with Crippen LogP contribution >= 0.6 is 11.6 Å². The first-order chi connectivity index (χ1) is 6.50. The lowest BCUT2D eigenvalue weighted by atomic mass is 10.0. The molecule has 0 aliphatic heterocycles. The summed E-state index contributed by atoms with van der Waals surface area (Å²) in [6, 6.07) is 3.97. The van der Waals surface area contributed by atoms with E-state index in [4.69, 9.17) is 16.7 Å². The summed E-state index contributed by atoms with van der Waals surface area (Å²) < 4.78 is 12.6. The average molecular weight is 217 g/mol. The molecule has 0 aromatic heterocycles. The zero-order chi connectivity index (χ0) is 10.7. The van der Waals surface area contributed by atoms with Gasteiger partial charge in [-0.2, -0.15) is 0 Å². The molecule has 2 nitrogen and oxygen atoms in total. The molecule has 4 heteroatoms. The molecule has 1 atom stereocenters. The van der Waals surface area contributed by atoms with Gasteiger partial charge in [0.25, 0.3) is 0 Å². The average Bonchev–Trinajstić information content (AvgIpc) is 2.09. The van der Waals surface area contributed by atoms with Gasteiger partial charge in [-0.25, -0.2) is 4.39 Å². The molecule has 0 saturated heterocycles. The van der Waals surface area contributed by atoms with Crippen LogP contribution in [0.5, 0.6) is 0 Å². The van der Waals surface area contributed by atoms with Crippen molar-refractivity contribution in [2.75, 3.05) is 0 Å². The van der Waals surface area contributed by atoms with Crippen LogP contribution in [0.15, 0.2) is 18.2 Å². The topological polar surface area (TPSA) is 37.3 Å². The van der Waals surface area contributed by atoms with Crippen molar-refractivity contribution >= 4 is 17.6 Å². The fraction of sp³-hybridized carbons (Fsp3) is 0.300. The van der Waals surface area contributed by atoms with Crippen LogP contribution in [0.3, 0.4) is 0 Å². The molecule has 0 aliphatic carbocycles. The van der Waals surface area contributed by atoms with Gasteiger partial charge in [-0.1, -0.05) is 24.6 Å². The summed E-state index contributed by atoms with van der Waals surface area (Å²) in [5, 5.41) is 8.95. The highest BCUT2D eigenvalue weighted by Crippen LogP contribution is 2.20. The predicted molar refractivity (Wildman–Crippen MR) is 51.9 cm³/mol. The fourth-order valence-electron chi connectivity index (χ4n) is 1.10. The van der Waals surface area contributed by atoms with E-state index in [9.17, 15) is 9.18 Å². The molecule has 0 saturated carbocycles. The van der Waals surface area contributed by atoms with Gasteiger partial charge in [-0.05, 0) is 24.1 Å². The molecule has 0 bridgehead atoms. The van der Waals surface area contributed by atoms with Gasteiger partial charge in [0, 0.05) is 5.02 Å². The highest BCUT2D eigenvalue weighted by Gasteiger charge is 2.13. The Bertz CT molecular complexity index is 352. The van der Waals surface area contributed by atoms with Crippen molar-refractivity contribution in [1.29, 1.82) is 0 Å². The molecule has 14 heavy (non-hydrogen) atoms. The fourth-order valence-corrected chi connectivity index (χ4v) is 1.35. The third kappa shape index (κ3) is 2.70. The van der Waals surface area contributed by atoms with E-state index in [0.717, 1.165) is 0 Å². The quantitative estimate of drug-likeness (QED) is 0.844. The summed E-state index contributed by atoms with van der Waals surface area (Å²) in [5.41, 5.74) is 0.656. The summed E-state index contributed by atoms with van der Waals surface area (Å²) in [4.78, 5) is 10.6. The predicted octanol–water partition coefficient (Wildman–Crippen LogP) is 2.74. The smallest absolute Gasteiger partial charge is 0.306 e. The van der Waals surface area contributed by atoms with E-state index in [1.54, 1.807) is 6.92 Å². The molecule has 1 aromatic carbocycles. The van der Waals surface area contributed by atoms with Crippen molar-refractivity contribution in [1.82, 2.24) is 0 Å². The number of carboxylic acids is 1. The normalized spacial score (nSPS) is 12.5. The molecule has 1 unspecified atom stereocenters. The van der Waals surface area contributed by atoms with Crippen molar-refractivity contribution < 1.29 is 14.3 Å². The third-order valence-electron chi connectivity index (χ3n) is 1.96. The number of hydrogen-bond acceptors (Lipinski definition) is 1. The number of halogens is 2. The van der Waals surface area contributed by atoms with E-state index >= 15 is 0 Å². The highest BCUT2D eigenvalue weighted by atomic mass is 35.5. The lowest BCUT2D eigenvalue weighted by Crippen LogP contribution is -2.12. The third-order valence-corrected chi connectivity index (χ3v) is 2.31. The highest BCUT2D eigenvalue weighted by molar-refractivity contribution is 6.31. The number of rotatable bonds is 3. The molecule has 0 amide bonds. The largest absolute Gasteiger partial charge is 0.481 e. The van der Waals surface area contributed by atoms with Gasteiger partial charge in [0.05, 0.1) is 5.92 Å². The maximum absolute atomic E-state index is 12.6. The van der Waals surface area contributed by atoms with Crippen molar-refractivity contribution in [2.45, 2.75) is 13.3 Å². The van der Waals surface area contributed by atoms with Crippen molar-refractivity contribution in [3.8, 4) is 0 Å². The van der Waals surface area contributed by atoms with Crippen molar-refractivity contribution in [3.05, 3.63) is 34.6 Å². The van der Waals surface area contributed by atoms with Crippen molar-refractivity contribution in [3.63, 3.8) is 0 Å². The second-order valence-electron chi connectivity index (χ2n) is 3.18. The Morgan fingerprint density at radius 2 is 2.29 bits per heavy atom. The number of carbonyl (C=O) groups is 1. The molecule has 0 fully saturated rings. The van der Waals surface area contributed by atoms with Crippen LogP contribution < -0.4 is 0 Å². The number of carboxylic acid groups (broad SMARTS) is 1. The number of aliphatic carboxylic acids is 1. The molecule has 0 heterocycles. The minimum atomic E-state index is -0.884. The Hall–Kier alpha value is -1.09. The summed E-state index contributed by atoms with van der Waals surface area (Å²) in [6.07, 6.45) is 0.314. The van der Waals surface area contributed by atoms with Crippen LogP contribution in [0, 0.1) is 11.7 Å². The van der Waals surface area contributed by atoms with Crippen LogP contribution in [0.1, 0.15) is 12.5 Å². The maximum Gasteiger partial charge on any atom is 0.306 e. The summed E-state index contributed by atoms with van der Waals surface area (Å²) >= 11 is 5.75. The van der Waals surface area contributed by atoms with Gasteiger partial charge < -0.3 is 5.11 Å². The Balaban J connectivity index is 2.82. The zero-order valence-electron chi connectivity index (χ0n) is 7.63. The van der Waals surface area contributed by atoms with Crippen LogP contribution in [0.25, 0.3) is 0 Å². The van der Waals surface area contributed by atoms with E-state index in [1.807, 2.05) is 0 Å². The molecule has 76 valence electrons. The molecule has 1 aromatic rings. The Labute approximate surface area is 86.3 Å². The SMILES string of the molecule is CC(Cc1ccc(F)cc1Cl)C(=O)O. The molecule has 0 radical (unpaired) electrons. The number of hydrogen-bond donors (Lipinski definition) is 1. The minimum Gasteiger partial charge on any atom is -0.481 e. The molecule has 0 aliphatic rings. The first-order valence-electron chi connectivity index (χ1n) is 4.17. The first-order valence-corrected chi connectivity index (χ1v) is 4.55. The van der Waals surface area contributed by atoms with Crippen LogP contribution in [-0.4, -0.2) is 11.1 Å². The zero-order valence-corrected chi connectivity index (χ0v) is 8.38. The van der Waals surface area contributed by atoms with Gasteiger partial charge in [-0.3, -0.25) is 4.79 Å². The molecule has 0 spiro atoms. The lowest BCUT2D eigenvalue weighted by Gasteiger charge is -2.07. The van der Waals surface area contributed by atoms with E-state index < -0.39 is 17.7 Å². The van der Waals surface area contributed by atoms with Gasteiger partial charge in [-0.15, -0.1) is 0 Å². The monoisotopic (exact) mass is 216 g/mol. The van der Waals surface area contributed by atoms with Crippen molar-refractivity contribution in [2.24, 2.45) is 5.92 Å². The van der Waals surface area contributed by atoms with E-state index in [0.29, 0.717) is 12.0 Å². The molecule has 1 N–H and O–H groups in total. The van der Waals surface area contributed by atoms with Crippen LogP contribution in [0.4, 0.5) is 4.39 Å². The Morgan fingerprint density at radius 1 is 1.64 bits per heavy atom. The summed E-state index contributed by atoms with van der Waals surface area (Å²) in [7, 11) is 0. The van der Waals surface area contributed by atoms with E-state index in [1.165, 1.54) is 18.2 Å². The summed E-state index contributed by atoms with van der Waals surface area (Å²) in [5.74, 6) is -1.81. The van der Waals surface area contributed by atoms with Crippen LogP contribution in [-0.2, 0) is 11.2 Å². The van der Waals surface area contributed by atoms with Gasteiger partial charge in [0.15, 0.2) is 0 Å². The standard InChI is InChI=1S/C10H10ClFO2/c1-6(10(13)14)4-7-2-3-8(12)5-9(7)11/h2-3,5-6H,4H2,1H3,(H,13,14). The van der Waals surface area contributed by atoms with Gasteiger partial charge in [0.2, 0.25) is 0 Å². The minimum absolute atomic E-state index is 0.276. The molecule has 1 rings (SSSR count). The van der Waals surface area contributed by atoms with E-state index in [2.05, 4.69) is 0 Å². The Kier molecular flexibility index (Phi) is 3.47. The summed E-state index contributed by atoms with van der Waals surface area (Å²) in [6.45, 7) is 1.59.